The maximum atomic E-state index is 11.7. The fourth-order valence-corrected chi connectivity index (χ4v) is 4.06. The van der Waals surface area contributed by atoms with Gasteiger partial charge in [-0.05, 0) is 57.4 Å². The van der Waals surface area contributed by atoms with Crippen molar-refractivity contribution in [1.82, 2.24) is 4.90 Å². The normalized spacial score (nSPS) is 37.9. The zero-order valence-corrected chi connectivity index (χ0v) is 11.8. The molecule has 0 radical (unpaired) electrons. The quantitative estimate of drug-likeness (QED) is 0.836. The maximum absolute atomic E-state index is 11.7. The van der Waals surface area contributed by atoms with Gasteiger partial charge < -0.3 is 5.11 Å². The van der Waals surface area contributed by atoms with E-state index in [9.17, 15) is 9.90 Å². The fraction of sp³-hybridized carbons (Fsp3) is 0.933. The van der Waals surface area contributed by atoms with Crippen LogP contribution in [0.25, 0.3) is 0 Å². The Morgan fingerprint density at radius 3 is 2.44 bits per heavy atom. The summed E-state index contributed by atoms with van der Waals surface area (Å²) in [6.07, 6.45) is 8.90. The van der Waals surface area contributed by atoms with Gasteiger partial charge in [-0.1, -0.05) is 20.3 Å². The van der Waals surface area contributed by atoms with E-state index in [0.29, 0.717) is 6.04 Å². The Morgan fingerprint density at radius 2 is 1.94 bits per heavy atom. The summed E-state index contributed by atoms with van der Waals surface area (Å²) in [7, 11) is 0. The number of hydrogen-bond acceptors (Lipinski definition) is 2. The summed E-state index contributed by atoms with van der Waals surface area (Å²) < 4.78 is 0. The average Bonchev–Trinajstić information content (AvgIpc) is 2.84. The maximum Gasteiger partial charge on any atom is 0.324 e. The number of carboxylic acids is 1. The van der Waals surface area contributed by atoms with E-state index in [1.807, 2.05) is 6.92 Å². The third kappa shape index (κ3) is 2.29. The molecule has 2 fully saturated rings. The Bertz CT molecular complexity index is 297. The standard InChI is InChI=1S/C15H27NO2/c1-3-12-6-8-13(9-7-12)16-11-5-10-15(16,4-2)14(17)18/h12-13H,3-11H2,1-2H3,(H,17,18). The predicted octanol–water partition coefficient (Wildman–Crippen LogP) is 3.28. The molecule has 0 bridgehead atoms. The lowest BCUT2D eigenvalue weighted by Crippen LogP contribution is -2.55. The molecule has 0 spiro atoms. The molecule has 1 heterocycles. The van der Waals surface area contributed by atoms with Gasteiger partial charge in [-0.15, -0.1) is 0 Å². The van der Waals surface area contributed by atoms with Crippen molar-refractivity contribution in [3.63, 3.8) is 0 Å². The van der Waals surface area contributed by atoms with Crippen LogP contribution < -0.4 is 0 Å². The first kappa shape index (κ1) is 13.9. The number of carboxylic acid groups (broad SMARTS) is 1. The zero-order valence-electron chi connectivity index (χ0n) is 11.8. The molecular weight excluding hydrogens is 226 g/mol. The van der Waals surface area contributed by atoms with Crippen molar-refractivity contribution >= 4 is 5.97 Å². The highest BCUT2D eigenvalue weighted by Gasteiger charge is 2.48. The van der Waals surface area contributed by atoms with Gasteiger partial charge in [-0.2, -0.15) is 0 Å². The second-order valence-electron chi connectivity index (χ2n) is 6.07. The van der Waals surface area contributed by atoms with Crippen LogP contribution in [0.5, 0.6) is 0 Å². The monoisotopic (exact) mass is 253 g/mol. The van der Waals surface area contributed by atoms with Crippen LogP contribution in [0.15, 0.2) is 0 Å². The van der Waals surface area contributed by atoms with E-state index in [0.717, 1.165) is 31.7 Å². The molecule has 1 aliphatic heterocycles. The molecule has 0 aromatic heterocycles. The summed E-state index contributed by atoms with van der Waals surface area (Å²) in [5, 5.41) is 9.62. The van der Waals surface area contributed by atoms with E-state index >= 15 is 0 Å². The van der Waals surface area contributed by atoms with Gasteiger partial charge in [-0.25, -0.2) is 0 Å². The molecule has 1 aliphatic carbocycles. The predicted molar refractivity (Wildman–Crippen MR) is 72.6 cm³/mol. The Labute approximate surface area is 111 Å². The SMILES string of the molecule is CCC1CCC(N2CCCC2(CC)C(=O)O)CC1. The molecule has 104 valence electrons. The molecule has 2 aliphatic rings. The van der Waals surface area contributed by atoms with Gasteiger partial charge in [0.05, 0.1) is 0 Å². The number of carbonyl (C=O) groups is 1. The first-order chi connectivity index (χ1) is 8.64. The van der Waals surface area contributed by atoms with Crippen LogP contribution in [-0.2, 0) is 4.79 Å². The molecule has 0 aromatic carbocycles. The Kier molecular flexibility index (Phi) is 4.31. The number of aliphatic carboxylic acids is 1. The number of rotatable bonds is 4. The molecule has 1 atom stereocenters. The third-order valence-corrected chi connectivity index (χ3v) is 5.36. The minimum absolute atomic E-state index is 0.520. The molecule has 0 amide bonds. The van der Waals surface area contributed by atoms with Crippen LogP contribution in [0.4, 0.5) is 0 Å². The smallest absolute Gasteiger partial charge is 0.324 e. The summed E-state index contributed by atoms with van der Waals surface area (Å²) in [5.74, 6) is 0.282. The average molecular weight is 253 g/mol. The van der Waals surface area contributed by atoms with Crippen molar-refractivity contribution < 1.29 is 9.90 Å². The molecule has 1 N–H and O–H groups in total. The van der Waals surface area contributed by atoms with Crippen molar-refractivity contribution in [1.29, 1.82) is 0 Å². The van der Waals surface area contributed by atoms with Crippen molar-refractivity contribution in [2.45, 2.75) is 76.8 Å². The van der Waals surface area contributed by atoms with E-state index < -0.39 is 11.5 Å². The molecule has 0 aromatic rings. The van der Waals surface area contributed by atoms with Gasteiger partial charge in [0.1, 0.15) is 5.54 Å². The van der Waals surface area contributed by atoms with Crippen LogP contribution in [0, 0.1) is 5.92 Å². The van der Waals surface area contributed by atoms with Gasteiger partial charge in [-0.3, -0.25) is 9.69 Å². The van der Waals surface area contributed by atoms with Crippen molar-refractivity contribution in [2.24, 2.45) is 5.92 Å². The molecule has 3 heteroatoms. The number of hydrogen-bond donors (Lipinski definition) is 1. The van der Waals surface area contributed by atoms with Gasteiger partial charge in [0, 0.05) is 6.04 Å². The largest absolute Gasteiger partial charge is 0.480 e. The summed E-state index contributed by atoms with van der Waals surface area (Å²) in [5.41, 5.74) is -0.552. The van der Waals surface area contributed by atoms with Crippen LogP contribution in [0.1, 0.15) is 65.2 Å². The number of nitrogens with zero attached hydrogens (tertiary/aromatic N) is 1. The van der Waals surface area contributed by atoms with E-state index in [1.165, 1.54) is 32.1 Å². The Balaban J connectivity index is 2.06. The van der Waals surface area contributed by atoms with E-state index in [1.54, 1.807) is 0 Å². The van der Waals surface area contributed by atoms with Gasteiger partial charge in [0.2, 0.25) is 0 Å². The van der Waals surface area contributed by atoms with Crippen LogP contribution in [0.2, 0.25) is 0 Å². The fourth-order valence-electron chi connectivity index (χ4n) is 4.06. The van der Waals surface area contributed by atoms with Gasteiger partial charge in [0.15, 0.2) is 0 Å². The summed E-state index contributed by atoms with van der Waals surface area (Å²) in [4.78, 5) is 14.0. The lowest BCUT2D eigenvalue weighted by molar-refractivity contribution is -0.152. The summed E-state index contributed by atoms with van der Waals surface area (Å²) in [6.45, 7) is 5.29. The lowest BCUT2D eigenvalue weighted by atomic mass is 9.82. The molecule has 1 unspecified atom stereocenters. The first-order valence-electron chi connectivity index (χ1n) is 7.64. The van der Waals surface area contributed by atoms with Gasteiger partial charge in [0.25, 0.3) is 0 Å². The lowest BCUT2D eigenvalue weighted by Gasteiger charge is -2.42. The Hall–Kier alpha value is -0.570. The summed E-state index contributed by atoms with van der Waals surface area (Å²) in [6, 6.07) is 0.520. The van der Waals surface area contributed by atoms with Crippen LogP contribution in [-0.4, -0.2) is 34.1 Å². The topological polar surface area (TPSA) is 40.5 Å². The van der Waals surface area contributed by atoms with E-state index in [2.05, 4.69) is 11.8 Å². The highest BCUT2D eigenvalue weighted by molar-refractivity contribution is 5.79. The van der Waals surface area contributed by atoms with Gasteiger partial charge >= 0.3 is 5.97 Å². The van der Waals surface area contributed by atoms with Crippen molar-refractivity contribution in [3.8, 4) is 0 Å². The molecule has 1 saturated heterocycles. The molecule has 1 saturated carbocycles. The second kappa shape index (κ2) is 5.60. The Morgan fingerprint density at radius 1 is 1.28 bits per heavy atom. The third-order valence-electron chi connectivity index (χ3n) is 5.36. The molecule has 2 rings (SSSR count). The minimum atomic E-state index is -0.597. The molecule has 3 nitrogen and oxygen atoms in total. The summed E-state index contributed by atoms with van der Waals surface area (Å²) >= 11 is 0. The van der Waals surface area contributed by atoms with Crippen LogP contribution in [0.3, 0.4) is 0 Å². The van der Waals surface area contributed by atoms with E-state index in [4.69, 9.17) is 0 Å². The van der Waals surface area contributed by atoms with E-state index in [-0.39, 0.29) is 0 Å². The highest BCUT2D eigenvalue weighted by Crippen LogP contribution is 2.39. The minimum Gasteiger partial charge on any atom is -0.480 e. The van der Waals surface area contributed by atoms with Crippen molar-refractivity contribution in [2.75, 3.05) is 6.54 Å². The first-order valence-corrected chi connectivity index (χ1v) is 7.64. The van der Waals surface area contributed by atoms with Crippen molar-refractivity contribution in [3.05, 3.63) is 0 Å². The molecule has 18 heavy (non-hydrogen) atoms. The number of likely N-dealkylation sites (tertiary alicyclic amines) is 1. The highest BCUT2D eigenvalue weighted by atomic mass is 16.4. The zero-order chi connectivity index (χ0) is 13.2. The van der Waals surface area contributed by atoms with Crippen LogP contribution >= 0.6 is 0 Å². The second-order valence-corrected chi connectivity index (χ2v) is 6.07. The molecular formula is C15H27NO2.